The van der Waals surface area contributed by atoms with Crippen molar-refractivity contribution >= 4 is 32.6 Å². The first kappa shape index (κ1) is 27.6. The van der Waals surface area contributed by atoms with Crippen LogP contribution in [0.15, 0.2) is 54.6 Å². The van der Waals surface area contributed by atoms with Crippen LogP contribution in [0.5, 0.6) is 5.75 Å². The fraction of sp³-hybridized carbons (Fsp3) is 0.414. The number of carbonyl (C=O) groups excluding carboxylic acids is 2. The second kappa shape index (κ2) is 11.1. The summed E-state index contributed by atoms with van der Waals surface area (Å²) in [5, 5.41) is 3.57. The van der Waals surface area contributed by atoms with Crippen LogP contribution in [0.4, 0.5) is 0 Å². The van der Waals surface area contributed by atoms with Gasteiger partial charge in [0, 0.05) is 43.2 Å². The first-order chi connectivity index (χ1) is 18.0. The summed E-state index contributed by atoms with van der Waals surface area (Å²) in [6, 6.07) is 16.7. The van der Waals surface area contributed by atoms with E-state index in [1.165, 1.54) is 7.05 Å². The summed E-state index contributed by atoms with van der Waals surface area (Å²) in [5.41, 5.74) is 3.27. The summed E-state index contributed by atoms with van der Waals surface area (Å²) in [6.45, 7) is 6.23. The molecule has 3 aromatic rings. The molecule has 1 N–H and O–H groups in total. The normalized spacial score (nSPS) is 18.9. The van der Waals surface area contributed by atoms with E-state index in [1.807, 2.05) is 51.1 Å². The molecule has 0 spiro atoms. The fourth-order valence-corrected chi connectivity index (χ4v) is 7.07. The molecule has 4 rings (SSSR count). The standard InChI is InChI=1S/C29H35N3O5S/c1-20(2)15-28(34)32-13-14-38(35,36)29(19-32,17-27(33)30-4)23-9-11-24(12-10-23)37-18-22-16-21(3)31-26-8-6-5-7-25(22)26/h5-12,16,20H,13-15,17-19H2,1-4H3,(H,30,33). The van der Waals surface area contributed by atoms with Gasteiger partial charge in [-0.25, -0.2) is 8.42 Å². The molecule has 2 aromatic carbocycles. The number of nitrogens with zero attached hydrogens (tertiary/aromatic N) is 2. The molecule has 1 aromatic heterocycles. The maximum Gasteiger partial charge on any atom is 0.222 e. The lowest BCUT2D eigenvalue weighted by atomic mass is 9.92. The van der Waals surface area contributed by atoms with E-state index >= 15 is 0 Å². The number of benzene rings is 2. The molecule has 1 fully saturated rings. The van der Waals surface area contributed by atoms with E-state index in [1.54, 1.807) is 29.2 Å². The Kier molecular flexibility index (Phi) is 8.06. The Bertz CT molecular complexity index is 1440. The molecule has 1 unspecified atom stereocenters. The van der Waals surface area contributed by atoms with Crippen LogP contribution in [0, 0.1) is 12.8 Å². The smallest absolute Gasteiger partial charge is 0.222 e. The first-order valence-corrected chi connectivity index (χ1v) is 14.5. The number of ether oxygens (including phenoxy) is 1. The van der Waals surface area contributed by atoms with Crippen molar-refractivity contribution in [3.63, 3.8) is 0 Å². The van der Waals surface area contributed by atoms with Gasteiger partial charge in [-0.3, -0.25) is 14.6 Å². The molecule has 9 heteroatoms. The van der Waals surface area contributed by atoms with Crippen LogP contribution in [-0.2, 0) is 30.8 Å². The van der Waals surface area contributed by atoms with Gasteiger partial charge in [0.25, 0.3) is 0 Å². The van der Waals surface area contributed by atoms with Gasteiger partial charge in [0.1, 0.15) is 17.1 Å². The van der Waals surface area contributed by atoms with E-state index in [9.17, 15) is 18.0 Å². The van der Waals surface area contributed by atoms with E-state index in [0.29, 0.717) is 24.3 Å². The average molecular weight is 538 g/mol. The van der Waals surface area contributed by atoms with Crippen molar-refractivity contribution in [3.05, 3.63) is 71.4 Å². The van der Waals surface area contributed by atoms with E-state index in [-0.39, 0.29) is 37.1 Å². The quantitative estimate of drug-likeness (QED) is 0.469. The van der Waals surface area contributed by atoms with Gasteiger partial charge in [0.2, 0.25) is 11.8 Å². The number of nitrogens with one attached hydrogen (secondary N) is 1. The van der Waals surface area contributed by atoms with Crippen molar-refractivity contribution in [1.29, 1.82) is 0 Å². The Morgan fingerprint density at radius 1 is 1.13 bits per heavy atom. The van der Waals surface area contributed by atoms with Gasteiger partial charge >= 0.3 is 0 Å². The van der Waals surface area contributed by atoms with Gasteiger partial charge in [-0.2, -0.15) is 0 Å². The minimum atomic E-state index is -3.74. The van der Waals surface area contributed by atoms with Crippen LogP contribution < -0.4 is 10.1 Å². The van der Waals surface area contributed by atoms with Gasteiger partial charge in [-0.05, 0) is 42.7 Å². The minimum Gasteiger partial charge on any atom is -0.489 e. The van der Waals surface area contributed by atoms with Crippen LogP contribution in [0.1, 0.15) is 43.5 Å². The summed E-state index contributed by atoms with van der Waals surface area (Å²) < 4.78 is 31.6. The molecule has 1 aliphatic rings. The topological polar surface area (TPSA) is 106 Å². The Morgan fingerprint density at radius 3 is 2.53 bits per heavy atom. The molecule has 202 valence electrons. The molecule has 0 saturated carbocycles. The highest BCUT2D eigenvalue weighted by atomic mass is 32.2. The van der Waals surface area contributed by atoms with Crippen molar-refractivity contribution in [1.82, 2.24) is 15.2 Å². The molecule has 38 heavy (non-hydrogen) atoms. The van der Waals surface area contributed by atoms with Crippen molar-refractivity contribution in [3.8, 4) is 5.75 Å². The van der Waals surface area contributed by atoms with Gasteiger partial charge in [-0.15, -0.1) is 0 Å². The predicted octanol–water partition coefficient (Wildman–Crippen LogP) is 3.76. The molecule has 1 atom stereocenters. The zero-order valence-corrected chi connectivity index (χ0v) is 23.2. The molecule has 1 aliphatic heterocycles. The molecular weight excluding hydrogens is 502 g/mol. The van der Waals surface area contributed by atoms with Crippen LogP contribution >= 0.6 is 0 Å². The Balaban J connectivity index is 1.63. The number of amides is 2. The maximum absolute atomic E-state index is 13.5. The van der Waals surface area contributed by atoms with Gasteiger partial charge in [0.05, 0.1) is 17.7 Å². The highest BCUT2D eigenvalue weighted by molar-refractivity contribution is 7.92. The molecule has 2 amide bonds. The number of aromatic nitrogens is 1. The summed E-state index contributed by atoms with van der Waals surface area (Å²) >= 11 is 0. The zero-order valence-electron chi connectivity index (χ0n) is 22.4. The van der Waals surface area contributed by atoms with Crippen LogP contribution in [0.2, 0.25) is 0 Å². The van der Waals surface area contributed by atoms with E-state index in [4.69, 9.17) is 4.74 Å². The van der Waals surface area contributed by atoms with Crippen LogP contribution in [-0.4, -0.2) is 56.0 Å². The zero-order chi connectivity index (χ0) is 27.5. The van der Waals surface area contributed by atoms with Crippen molar-refractivity contribution in [2.45, 2.75) is 45.0 Å². The lowest BCUT2D eigenvalue weighted by Gasteiger charge is -2.42. The average Bonchev–Trinajstić information content (AvgIpc) is 2.88. The molecular formula is C29H35N3O5S. The summed E-state index contributed by atoms with van der Waals surface area (Å²) in [7, 11) is -2.26. The lowest BCUT2D eigenvalue weighted by Crippen LogP contribution is -2.57. The Labute approximate surface area is 224 Å². The number of carbonyl (C=O) groups is 2. The molecule has 0 bridgehead atoms. The van der Waals surface area contributed by atoms with E-state index in [0.717, 1.165) is 22.2 Å². The third-order valence-corrected chi connectivity index (χ3v) is 9.46. The van der Waals surface area contributed by atoms with E-state index in [2.05, 4.69) is 10.3 Å². The molecule has 0 aliphatic carbocycles. The van der Waals surface area contributed by atoms with Gasteiger partial charge < -0.3 is 15.0 Å². The van der Waals surface area contributed by atoms with Gasteiger partial charge in [0.15, 0.2) is 9.84 Å². The highest BCUT2D eigenvalue weighted by Gasteiger charge is 2.51. The van der Waals surface area contributed by atoms with Crippen LogP contribution in [0.25, 0.3) is 10.9 Å². The molecule has 1 saturated heterocycles. The maximum atomic E-state index is 13.5. The second-order valence-corrected chi connectivity index (χ2v) is 12.7. The summed E-state index contributed by atoms with van der Waals surface area (Å²) in [5.74, 6) is 0.0269. The molecule has 2 heterocycles. The third kappa shape index (κ3) is 5.67. The van der Waals surface area contributed by atoms with E-state index < -0.39 is 20.5 Å². The second-order valence-electron chi connectivity index (χ2n) is 10.3. The fourth-order valence-electron chi connectivity index (χ4n) is 5.02. The Hall–Kier alpha value is -3.46. The third-order valence-electron chi connectivity index (χ3n) is 7.04. The molecule has 8 nitrogen and oxygen atoms in total. The number of hydrogen-bond donors (Lipinski definition) is 1. The number of pyridine rings is 1. The Morgan fingerprint density at radius 2 is 1.84 bits per heavy atom. The minimum absolute atomic E-state index is 0.0587. The number of aryl methyl sites for hydroxylation is 1. The number of hydrogen-bond acceptors (Lipinski definition) is 6. The highest BCUT2D eigenvalue weighted by Crippen LogP contribution is 2.39. The predicted molar refractivity (Wildman–Crippen MR) is 147 cm³/mol. The van der Waals surface area contributed by atoms with Crippen LogP contribution in [0.3, 0.4) is 0 Å². The summed E-state index contributed by atoms with van der Waals surface area (Å²) in [4.78, 5) is 31.6. The van der Waals surface area contributed by atoms with Crippen molar-refractivity contribution in [2.75, 3.05) is 25.9 Å². The first-order valence-electron chi connectivity index (χ1n) is 12.8. The number of sulfone groups is 1. The summed E-state index contributed by atoms with van der Waals surface area (Å²) in [6.07, 6.45) is 0.0613. The molecule has 0 radical (unpaired) electrons. The SMILES string of the molecule is CNC(=O)CC1(c2ccc(OCc3cc(C)nc4ccccc34)cc2)CN(C(=O)CC(C)C)CCS1(=O)=O. The van der Waals surface area contributed by atoms with Crippen molar-refractivity contribution < 1.29 is 22.7 Å². The monoisotopic (exact) mass is 537 g/mol. The van der Waals surface area contributed by atoms with Crippen molar-refractivity contribution in [2.24, 2.45) is 5.92 Å². The van der Waals surface area contributed by atoms with Gasteiger partial charge in [-0.1, -0.05) is 44.2 Å². The number of rotatable bonds is 8. The number of para-hydroxylation sites is 1. The number of fused-ring (bicyclic) bond motifs is 1. The largest absolute Gasteiger partial charge is 0.489 e. The lowest BCUT2D eigenvalue weighted by molar-refractivity contribution is -0.133.